The predicted molar refractivity (Wildman–Crippen MR) is 103 cm³/mol. The summed E-state index contributed by atoms with van der Waals surface area (Å²) >= 11 is 0. The molecule has 3 N–H and O–H groups in total. The first-order chi connectivity index (χ1) is 11.2. The van der Waals surface area contributed by atoms with E-state index in [1.807, 2.05) is 35.0 Å². The molecule has 7 heteroatoms. The molecule has 0 saturated heterocycles. The third-order valence-electron chi connectivity index (χ3n) is 5.64. The molecule has 5 nitrogen and oxygen atoms in total. The number of hydrogen-bond donors (Lipinski definition) is 2. The third kappa shape index (κ3) is 4.10. The summed E-state index contributed by atoms with van der Waals surface area (Å²) < 4.78 is 1.98. The van der Waals surface area contributed by atoms with Crippen LogP contribution in [0, 0.1) is 17.8 Å². The largest absolute Gasteiger partial charge is 0.350 e. The van der Waals surface area contributed by atoms with Gasteiger partial charge < -0.3 is 15.5 Å². The summed E-state index contributed by atoms with van der Waals surface area (Å²) in [7, 11) is 0. The van der Waals surface area contributed by atoms with Crippen LogP contribution in [0.4, 0.5) is 0 Å². The van der Waals surface area contributed by atoms with Gasteiger partial charge in [0.15, 0.2) is 0 Å². The summed E-state index contributed by atoms with van der Waals surface area (Å²) in [5.41, 5.74) is 8.12. The summed E-state index contributed by atoms with van der Waals surface area (Å²) in [4.78, 5) is 17.1. The number of amides is 1. The average Bonchev–Trinajstić information content (AvgIpc) is 2.95. The first-order valence-corrected chi connectivity index (χ1v) is 8.66. The molecular weight excluding hydrogens is 359 g/mol. The van der Waals surface area contributed by atoms with Gasteiger partial charge in [0, 0.05) is 24.4 Å². The molecule has 138 valence electrons. The van der Waals surface area contributed by atoms with Gasteiger partial charge in [-0.15, -0.1) is 24.8 Å². The zero-order valence-corrected chi connectivity index (χ0v) is 15.8. The average molecular weight is 385 g/mol. The van der Waals surface area contributed by atoms with Crippen LogP contribution in [0.3, 0.4) is 0 Å². The van der Waals surface area contributed by atoms with Crippen molar-refractivity contribution < 1.29 is 4.79 Å². The number of fused-ring (bicyclic) bond motifs is 3. The number of carbonyl (C=O) groups is 1. The third-order valence-corrected chi connectivity index (χ3v) is 5.64. The number of hydrogen-bond acceptors (Lipinski definition) is 3. The first-order valence-electron chi connectivity index (χ1n) is 8.66. The number of nitrogens with zero attached hydrogens (tertiary/aromatic N) is 2. The molecule has 2 bridgehead atoms. The van der Waals surface area contributed by atoms with Gasteiger partial charge in [-0.05, 0) is 49.7 Å². The van der Waals surface area contributed by atoms with E-state index >= 15 is 0 Å². The Kier molecular flexibility index (Phi) is 6.72. The van der Waals surface area contributed by atoms with Gasteiger partial charge >= 0.3 is 0 Å². The van der Waals surface area contributed by atoms with Crippen LogP contribution in [0.2, 0.25) is 0 Å². The molecule has 2 aromatic rings. The Morgan fingerprint density at radius 1 is 1.24 bits per heavy atom. The number of halogens is 2. The maximum absolute atomic E-state index is 12.5. The lowest BCUT2D eigenvalue weighted by atomic mass is 9.65. The van der Waals surface area contributed by atoms with Crippen LogP contribution >= 0.6 is 24.8 Å². The van der Waals surface area contributed by atoms with E-state index in [1.165, 1.54) is 19.3 Å². The van der Waals surface area contributed by atoms with Gasteiger partial charge in [-0.1, -0.05) is 12.5 Å². The Morgan fingerprint density at radius 2 is 1.96 bits per heavy atom. The Bertz CT molecular complexity index is 673. The normalized spacial score (nSPS) is 27.9. The molecule has 2 unspecified atom stereocenters. The maximum atomic E-state index is 12.5. The van der Waals surface area contributed by atoms with Crippen LogP contribution in [-0.4, -0.2) is 21.3 Å². The van der Waals surface area contributed by atoms with E-state index in [2.05, 4.69) is 10.3 Å². The number of carbonyl (C=O) groups excluding carboxylic acids is 1. The van der Waals surface area contributed by atoms with Crippen LogP contribution in [0.5, 0.6) is 0 Å². The molecule has 1 amide bonds. The SMILES string of the molecule is Cl.Cl.NC1C2CCCC1CC(C(=O)NCc1cn3ccccc3n1)C2. The molecule has 0 aliphatic heterocycles. The second-order valence-electron chi connectivity index (χ2n) is 7.11. The summed E-state index contributed by atoms with van der Waals surface area (Å²) in [6.07, 6.45) is 9.50. The van der Waals surface area contributed by atoms with Crippen molar-refractivity contribution in [3.8, 4) is 0 Å². The van der Waals surface area contributed by atoms with Crippen LogP contribution in [0.15, 0.2) is 30.6 Å². The molecule has 2 aromatic heterocycles. The van der Waals surface area contributed by atoms with E-state index in [0.29, 0.717) is 24.4 Å². The lowest BCUT2D eigenvalue weighted by Crippen LogP contribution is -2.49. The number of rotatable bonds is 3. The lowest BCUT2D eigenvalue weighted by Gasteiger charge is -2.43. The summed E-state index contributed by atoms with van der Waals surface area (Å²) in [5.74, 6) is 1.37. The van der Waals surface area contributed by atoms with Crippen molar-refractivity contribution in [3.63, 3.8) is 0 Å². The van der Waals surface area contributed by atoms with Crippen LogP contribution in [0.25, 0.3) is 5.65 Å². The molecule has 0 spiro atoms. The fourth-order valence-corrected chi connectivity index (χ4v) is 4.40. The van der Waals surface area contributed by atoms with Crippen LogP contribution in [0.1, 0.15) is 37.8 Å². The second kappa shape index (κ2) is 8.39. The Balaban J connectivity index is 0.00000113. The van der Waals surface area contributed by atoms with Gasteiger partial charge in [0.05, 0.1) is 12.2 Å². The predicted octanol–water partition coefficient (Wildman–Crippen LogP) is 2.95. The summed E-state index contributed by atoms with van der Waals surface area (Å²) in [5, 5.41) is 3.08. The Hall–Kier alpha value is -1.30. The minimum Gasteiger partial charge on any atom is -0.350 e. The zero-order valence-electron chi connectivity index (χ0n) is 14.1. The smallest absolute Gasteiger partial charge is 0.223 e. The minimum atomic E-state index is 0. The van der Waals surface area contributed by atoms with Crippen molar-refractivity contribution in [2.75, 3.05) is 0 Å². The number of nitrogens with one attached hydrogen (secondary N) is 1. The highest BCUT2D eigenvalue weighted by Gasteiger charge is 2.40. The topological polar surface area (TPSA) is 72.4 Å². The molecule has 2 fully saturated rings. The highest BCUT2D eigenvalue weighted by molar-refractivity contribution is 5.85. The van der Waals surface area contributed by atoms with Crippen molar-refractivity contribution >= 4 is 36.4 Å². The van der Waals surface area contributed by atoms with Crippen molar-refractivity contribution in [2.45, 2.75) is 44.7 Å². The molecule has 2 heterocycles. The molecule has 2 aliphatic rings. The van der Waals surface area contributed by atoms with E-state index < -0.39 is 0 Å². The molecule has 0 radical (unpaired) electrons. The second-order valence-corrected chi connectivity index (χ2v) is 7.11. The van der Waals surface area contributed by atoms with E-state index in [1.54, 1.807) is 0 Å². The van der Waals surface area contributed by atoms with E-state index in [9.17, 15) is 4.79 Å². The molecule has 2 saturated carbocycles. The molecule has 25 heavy (non-hydrogen) atoms. The minimum absolute atomic E-state index is 0. The van der Waals surface area contributed by atoms with Gasteiger partial charge in [0.25, 0.3) is 0 Å². The van der Waals surface area contributed by atoms with Gasteiger partial charge in [0.2, 0.25) is 5.91 Å². The monoisotopic (exact) mass is 384 g/mol. The van der Waals surface area contributed by atoms with Crippen molar-refractivity contribution in [3.05, 3.63) is 36.3 Å². The lowest BCUT2D eigenvalue weighted by molar-refractivity contribution is -0.128. The van der Waals surface area contributed by atoms with Crippen molar-refractivity contribution in [1.29, 1.82) is 0 Å². The first kappa shape index (κ1) is 20.0. The van der Waals surface area contributed by atoms with Gasteiger partial charge in [-0.2, -0.15) is 0 Å². The maximum Gasteiger partial charge on any atom is 0.223 e. The van der Waals surface area contributed by atoms with E-state index in [4.69, 9.17) is 5.73 Å². The zero-order chi connectivity index (χ0) is 15.8. The molecule has 4 rings (SSSR count). The number of aromatic nitrogens is 2. The Labute approximate surface area is 160 Å². The Morgan fingerprint density at radius 3 is 2.64 bits per heavy atom. The molecule has 2 aliphatic carbocycles. The van der Waals surface area contributed by atoms with Gasteiger partial charge in [-0.25, -0.2) is 4.98 Å². The number of imidazole rings is 1. The fraction of sp³-hybridized carbons (Fsp3) is 0.556. The highest BCUT2D eigenvalue weighted by atomic mass is 35.5. The fourth-order valence-electron chi connectivity index (χ4n) is 4.40. The quantitative estimate of drug-likeness (QED) is 0.853. The summed E-state index contributed by atoms with van der Waals surface area (Å²) in [6, 6.07) is 6.22. The highest BCUT2D eigenvalue weighted by Crippen LogP contribution is 2.41. The van der Waals surface area contributed by atoms with E-state index in [-0.39, 0.29) is 36.6 Å². The standard InChI is InChI=1S/C18H24N4O.2ClH/c19-17-12-4-3-5-13(17)9-14(8-12)18(23)20-10-15-11-22-7-2-1-6-16(22)21-15;;/h1-2,6-7,11-14,17H,3-5,8-10,19H2,(H,20,23);2*1H. The molecule has 0 aromatic carbocycles. The van der Waals surface area contributed by atoms with Gasteiger partial charge in [-0.3, -0.25) is 4.79 Å². The molecule has 2 atom stereocenters. The van der Waals surface area contributed by atoms with E-state index in [0.717, 1.165) is 24.2 Å². The van der Waals surface area contributed by atoms with Crippen molar-refractivity contribution in [2.24, 2.45) is 23.5 Å². The molecular formula is C18H26Cl2N4O. The summed E-state index contributed by atoms with van der Waals surface area (Å²) in [6.45, 7) is 0.498. The van der Waals surface area contributed by atoms with Gasteiger partial charge in [0.1, 0.15) is 5.65 Å². The van der Waals surface area contributed by atoms with Crippen molar-refractivity contribution in [1.82, 2.24) is 14.7 Å². The number of nitrogens with two attached hydrogens (primary N) is 1. The number of pyridine rings is 1. The van der Waals surface area contributed by atoms with Crippen LogP contribution in [-0.2, 0) is 11.3 Å². The van der Waals surface area contributed by atoms with Crippen LogP contribution < -0.4 is 11.1 Å².